The van der Waals surface area contributed by atoms with Gasteiger partial charge in [-0.15, -0.1) is 5.10 Å². The summed E-state index contributed by atoms with van der Waals surface area (Å²) in [5, 5.41) is 10.0. The van der Waals surface area contributed by atoms with Crippen LogP contribution >= 0.6 is 11.8 Å². The molecule has 0 aliphatic rings. The van der Waals surface area contributed by atoms with Crippen molar-refractivity contribution in [3.05, 3.63) is 66.5 Å². The molecule has 0 unspecified atom stereocenters. The monoisotopic (exact) mass is 359 g/mol. The highest BCUT2D eigenvalue weighted by Crippen LogP contribution is 2.29. The van der Waals surface area contributed by atoms with Gasteiger partial charge in [0, 0.05) is 0 Å². The Bertz CT molecular complexity index is 1160. The fourth-order valence-corrected chi connectivity index (χ4v) is 3.59. The average molecular weight is 359 g/mol. The van der Waals surface area contributed by atoms with Gasteiger partial charge in [0.05, 0.1) is 17.6 Å². The first-order valence-corrected chi connectivity index (χ1v) is 8.89. The van der Waals surface area contributed by atoms with Gasteiger partial charge in [0.25, 0.3) is 0 Å². The molecule has 0 saturated heterocycles. The molecular weight excluding hydrogens is 346 g/mol. The number of para-hydroxylation sites is 2. The molecule has 126 valence electrons. The number of fused-ring (bicyclic) bond motifs is 2. The second kappa shape index (κ2) is 6.23. The van der Waals surface area contributed by atoms with Gasteiger partial charge in [-0.1, -0.05) is 47.7 Å². The van der Waals surface area contributed by atoms with Crippen LogP contribution in [0.5, 0.6) is 0 Å². The standard InChI is InChI=1S/C18H13N7S/c1-2-6-12(7-3-1)10-25-16-15(23-24-25)17(20-11-19-16)26-18-21-13-8-4-5-9-14(13)22-18/h1-9,11H,10H2,(H,21,22). The molecule has 0 spiro atoms. The van der Waals surface area contributed by atoms with E-state index >= 15 is 0 Å². The van der Waals surface area contributed by atoms with Gasteiger partial charge in [0.2, 0.25) is 0 Å². The Morgan fingerprint density at radius 1 is 0.962 bits per heavy atom. The molecule has 5 rings (SSSR count). The Hall–Kier alpha value is -3.26. The first-order valence-electron chi connectivity index (χ1n) is 8.07. The molecule has 1 N–H and O–H groups in total. The SMILES string of the molecule is c1ccc(Cn2nnc3c(Sc4nc5ccccc5[nH]4)ncnc32)cc1. The van der Waals surface area contributed by atoms with Crippen LogP contribution in [0.15, 0.2) is 71.1 Å². The summed E-state index contributed by atoms with van der Waals surface area (Å²) in [5.41, 5.74) is 4.45. The Morgan fingerprint density at radius 3 is 2.69 bits per heavy atom. The van der Waals surface area contributed by atoms with Crippen LogP contribution in [0.3, 0.4) is 0 Å². The number of aromatic amines is 1. The van der Waals surface area contributed by atoms with E-state index in [-0.39, 0.29) is 0 Å². The third-order valence-corrected chi connectivity index (χ3v) is 4.88. The van der Waals surface area contributed by atoms with Crippen molar-refractivity contribution >= 4 is 34.0 Å². The van der Waals surface area contributed by atoms with Crippen molar-refractivity contribution in [2.45, 2.75) is 16.7 Å². The molecule has 7 nitrogen and oxygen atoms in total. The number of imidazole rings is 1. The molecule has 3 aromatic heterocycles. The first kappa shape index (κ1) is 15.0. The van der Waals surface area contributed by atoms with Crippen molar-refractivity contribution in [1.82, 2.24) is 34.9 Å². The Labute approximate surface area is 152 Å². The number of benzene rings is 2. The summed E-state index contributed by atoms with van der Waals surface area (Å²) in [6, 6.07) is 18.0. The second-order valence-corrected chi connectivity index (χ2v) is 6.72. The smallest absolute Gasteiger partial charge is 0.183 e. The van der Waals surface area contributed by atoms with E-state index in [4.69, 9.17) is 0 Å². The molecular formula is C18H13N7S. The minimum absolute atomic E-state index is 0.614. The van der Waals surface area contributed by atoms with Crippen LogP contribution in [0.4, 0.5) is 0 Å². The molecule has 0 fully saturated rings. The lowest BCUT2D eigenvalue weighted by Crippen LogP contribution is -2.02. The third-order valence-electron chi connectivity index (χ3n) is 4.00. The van der Waals surface area contributed by atoms with Gasteiger partial charge in [0.15, 0.2) is 16.3 Å². The minimum atomic E-state index is 0.614. The van der Waals surface area contributed by atoms with E-state index in [0.717, 1.165) is 26.8 Å². The van der Waals surface area contributed by atoms with Gasteiger partial charge >= 0.3 is 0 Å². The first-order chi connectivity index (χ1) is 12.9. The summed E-state index contributed by atoms with van der Waals surface area (Å²) < 4.78 is 1.79. The van der Waals surface area contributed by atoms with Gasteiger partial charge in [-0.2, -0.15) is 0 Å². The highest BCUT2D eigenvalue weighted by atomic mass is 32.2. The van der Waals surface area contributed by atoms with E-state index in [2.05, 4.69) is 42.4 Å². The predicted octanol–water partition coefficient (Wildman–Crippen LogP) is 3.30. The van der Waals surface area contributed by atoms with E-state index < -0.39 is 0 Å². The molecule has 0 radical (unpaired) electrons. The topological polar surface area (TPSA) is 85.2 Å². The van der Waals surface area contributed by atoms with E-state index in [1.807, 2.05) is 42.5 Å². The molecule has 3 heterocycles. The highest BCUT2D eigenvalue weighted by Gasteiger charge is 2.14. The maximum Gasteiger partial charge on any atom is 0.183 e. The average Bonchev–Trinajstić information content (AvgIpc) is 3.27. The number of nitrogens with zero attached hydrogens (tertiary/aromatic N) is 6. The van der Waals surface area contributed by atoms with E-state index in [9.17, 15) is 0 Å². The highest BCUT2D eigenvalue weighted by molar-refractivity contribution is 7.99. The lowest BCUT2D eigenvalue weighted by molar-refractivity contribution is 0.664. The Kier molecular flexibility index (Phi) is 3.60. The maximum atomic E-state index is 4.58. The summed E-state index contributed by atoms with van der Waals surface area (Å²) >= 11 is 1.43. The summed E-state index contributed by atoms with van der Waals surface area (Å²) in [6.07, 6.45) is 1.54. The van der Waals surface area contributed by atoms with Crippen LogP contribution in [-0.4, -0.2) is 34.9 Å². The molecule has 2 aromatic carbocycles. The molecule has 0 aliphatic heterocycles. The van der Waals surface area contributed by atoms with Gasteiger partial charge in [0.1, 0.15) is 11.4 Å². The van der Waals surface area contributed by atoms with Crippen LogP contribution in [0.2, 0.25) is 0 Å². The summed E-state index contributed by atoms with van der Waals surface area (Å²) in [7, 11) is 0. The Morgan fingerprint density at radius 2 is 1.81 bits per heavy atom. The van der Waals surface area contributed by atoms with Crippen molar-refractivity contribution in [2.75, 3.05) is 0 Å². The number of H-pyrrole nitrogens is 1. The lowest BCUT2D eigenvalue weighted by Gasteiger charge is -2.02. The quantitative estimate of drug-likeness (QED) is 0.496. The number of rotatable bonds is 4. The van der Waals surface area contributed by atoms with Gasteiger partial charge in [-0.3, -0.25) is 0 Å². The lowest BCUT2D eigenvalue weighted by atomic mass is 10.2. The summed E-state index contributed by atoms with van der Waals surface area (Å²) in [4.78, 5) is 16.6. The van der Waals surface area contributed by atoms with Gasteiger partial charge in [-0.05, 0) is 29.5 Å². The zero-order chi connectivity index (χ0) is 17.3. The summed E-state index contributed by atoms with van der Waals surface area (Å²) in [6.45, 7) is 0.614. The van der Waals surface area contributed by atoms with Crippen molar-refractivity contribution in [3.63, 3.8) is 0 Å². The van der Waals surface area contributed by atoms with Crippen molar-refractivity contribution < 1.29 is 0 Å². The molecule has 0 bridgehead atoms. The maximum absolute atomic E-state index is 4.58. The van der Waals surface area contributed by atoms with Crippen molar-refractivity contribution in [1.29, 1.82) is 0 Å². The largest absolute Gasteiger partial charge is 0.333 e. The van der Waals surface area contributed by atoms with Gasteiger partial charge < -0.3 is 4.98 Å². The second-order valence-electron chi connectivity index (χ2n) is 5.74. The predicted molar refractivity (Wildman–Crippen MR) is 98.9 cm³/mol. The number of hydrogen-bond donors (Lipinski definition) is 1. The van der Waals surface area contributed by atoms with Crippen LogP contribution < -0.4 is 0 Å². The number of aromatic nitrogens is 7. The van der Waals surface area contributed by atoms with Gasteiger partial charge in [-0.25, -0.2) is 19.6 Å². The fourth-order valence-electron chi connectivity index (χ4n) is 2.78. The van der Waals surface area contributed by atoms with Crippen LogP contribution in [0.25, 0.3) is 22.2 Å². The van der Waals surface area contributed by atoms with Crippen molar-refractivity contribution in [3.8, 4) is 0 Å². The number of hydrogen-bond acceptors (Lipinski definition) is 6. The van der Waals surface area contributed by atoms with E-state index in [0.29, 0.717) is 17.7 Å². The Balaban J connectivity index is 1.50. The molecule has 0 atom stereocenters. The van der Waals surface area contributed by atoms with Crippen LogP contribution in [0.1, 0.15) is 5.56 Å². The zero-order valence-corrected chi connectivity index (χ0v) is 14.4. The number of nitrogens with one attached hydrogen (secondary N) is 1. The molecule has 0 saturated carbocycles. The van der Waals surface area contributed by atoms with E-state index in [1.54, 1.807) is 4.68 Å². The molecule has 8 heteroatoms. The molecule has 0 aliphatic carbocycles. The molecule has 0 amide bonds. The van der Waals surface area contributed by atoms with Crippen molar-refractivity contribution in [2.24, 2.45) is 0 Å². The summed E-state index contributed by atoms with van der Waals surface area (Å²) in [5.74, 6) is 0. The normalized spacial score (nSPS) is 11.4. The fraction of sp³-hybridized carbons (Fsp3) is 0.0556. The zero-order valence-electron chi connectivity index (χ0n) is 13.6. The van der Waals surface area contributed by atoms with Crippen LogP contribution in [-0.2, 0) is 6.54 Å². The minimum Gasteiger partial charge on any atom is -0.333 e. The molecule has 26 heavy (non-hydrogen) atoms. The molecule has 5 aromatic rings. The van der Waals surface area contributed by atoms with E-state index in [1.165, 1.54) is 18.1 Å². The third kappa shape index (κ3) is 2.70. The van der Waals surface area contributed by atoms with Crippen LogP contribution in [0, 0.1) is 0 Å².